The molecule has 8 heavy (non-hydrogen) atoms. The molecule has 0 aromatic carbocycles. The van der Waals surface area contributed by atoms with Crippen molar-refractivity contribution in [3.8, 4) is 0 Å². The van der Waals surface area contributed by atoms with Crippen molar-refractivity contribution in [3.63, 3.8) is 0 Å². The second-order valence-corrected chi connectivity index (χ2v) is 0.149. The molecule has 0 aliphatic carbocycles. The van der Waals surface area contributed by atoms with Crippen LogP contribution in [0.3, 0.4) is 0 Å². The molecule has 36 valence electrons. The van der Waals surface area contributed by atoms with E-state index in [0.717, 1.165) is 10.7 Å². The molecule has 0 aromatic heterocycles. The van der Waals surface area contributed by atoms with Crippen LogP contribution in [-0.4, -0.2) is 75.5 Å². The van der Waals surface area contributed by atoms with Crippen LogP contribution in [0, 0.1) is 20.2 Å². The van der Waals surface area contributed by atoms with Gasteiger partial charge in [0, 0.05) is 0 Å². The van der Waals surface area contributed by atoms with Gasteiger partial charge in [-0.05, 0) is 0 Å². The summed E-state index contributed by atoms with van der Waals surface area (Å²) < 4.78 is 0. The molecule has 0 spiro atoms. The van der Waals surface area contributed by atoms with Crippen LogP contribution in [0.15, 0.2) is 10.7 Å². The number of hydrogen-bond acceptors (Lipinski definition) is 6. The Labute approximate surface area is 104 Å². The van der Waals surface area contributed by atoms with E-state index in [4.69, 9.17) is 20.2 Å². The summed E-state index contributed by atoms with van der Waals surface area (Å²) >= 11 is 0. The maximum atomic E-state index is 8.00. The molecular weight excluding hydrogens is 172 g/mol. The van der Waals surface area contributed by atoms with Crippen LogP contribution in [0.5, 0.6) is 0 Å². The van der Waals surface area contributed by atoms with Crippen molar-refractivity contribution < 1.29 is 0 Å². The Kier molecular flexibility index (Phi) is 115. The summed E-state index contributed by atoms with van der Waals surface area (Å²) in [5, 5.41) is 18.0. The Morgan fingerprint density at radius 2 is 0.875 bits per heavy atom. The molecule has 0 atom stereocenters. The number of rotatable bonds is 0. The molecule has 0 fully saturated rings. The second-order valence-electron chi connectivity index (χ2n) is 0.149. The predicted molar refractivity (Wildman–Crippen MR) is 29.8 cm³/mol. The van der Waals surface area contributed by atoms with E-state index in [2.05, 4.69) is 0 Å². The van der Waals surface area contributed by atoms with E-state index in [9.17, 15) is 0 Å². The van der Waals surface area contributed by atoms with Gasteiger partial charge in [0.25, 0.3) is 0 Å². The second kappa shape index (κ2) is 40.4. The van der Waals surface area contributed by atoms with Crippen molar-refractivity contribution in [1.29, 1.82) is 0 Å². The molecule has 0 rings (SSSR count). The van der Waals surface area contributed by atoms with Crippen molar-refractivity contribution in [1.82, 2.24) is 0 Å². The molecular formula is Ca2N2O4+2. The van der Waals surface area contributed by atoms with Crippen molar-refractivity contribution in [2.45, 2.75) is 0 Å². The Balaban J connectivity index is -0.0000000160. The minimum absolute atomic E-state index is 0. The maximum Gasteiger partial charge on any atom is 2.00 e. The van der Waals surface area contributed by atoms with Crippen molar-refractivity contribution >= 4 is 75.5 Å². The Hall–Kier alpha value is 1.32. The van der Waals surface area contributed by atoms with Gasteiger partial charge in [0.1, 0.15) is 0 Å². The molecule has 0 heterocycles. The Morgan fingerprint density at radius 3 is 0.875 bits per heavy atom. The first-order chi connectivity index (χ1) is 2.83. The summed E-state index contributed by atoms with van der Waals surface area (Å²) in [6.07, 6.45) is 0. The third-order valence-electron chi connectivity index (χ3n) is 0. The van der Waals surface area contributed by atoms with Crippen LogP contribution in [-0.2, 0) is 0 Å². The molecule has 6 nitrogen and oxygen atoms in total. The van der Waals surface area contributed by atoms with E-state index in [1.54, 1.807) is 0 Å². The van der Waals surface area contributed by atoms with Crippen molar-refractivity contribution in [2.24, 2.45) is 10.7 Å². The third-order valence-corrected chi connectivity index (χ3v) is 0. The normalized spacial score (nSPS) is 3.00. The zero-order valence-corrected chi connectivity index (χ0v) is 8.36. The molecule has 8 heteroatoms. The minimum atomic E-state index is 0. The van der Waals surface area contributed by atoms with Gasteiger partial charge in [-0.25, -0.2) is 0 Å². The fourth-order valence-electron chi connectivity index (χ4n) is 0. The summed E-state index contributed by atoms with van der Waals surface area (Å²) in [6.45, 7) is 0. The molecule has 0 unspecified atom stereocenters. The summed E-state index contributed by atoms with van der Waals surface area (Å²) in [6, 6.07) is 0. The first kappa shape index (κ1) is 22.8. The third kappa shape index (κ3) is 168. The monoisotopic (exact) mass is 172 g/mol. The average Bonchev–Trinajstić information content (AvgIpc) is 1.39. The van der Waals surface area contributed by atoms with E-state index in [0.29, 0.717) is 0 Å². The summed E-state index contributed by atoms with van der Waals surface area (Å²) in [4.78, 5) is 16.0. The van der Waals surface area contributed by atoms with Crippen LogP contribution in [0.1, 0.15) is 0 Å². The molecule has 0 saturated heterocycles. The van der Waals surface area contributed by atoms with E-state index in [1.165, 1.54) is 0 Å². The summed E-state index contributed by atoms with van der Waals surface area (Å²) in [5.74, 6) is 0. The zero-order valence-electron chi connectivity index (χ0n) is 3.94. The van der Waals surface area contributed by atoms with E-state index >= 15 is 0 Å². The summed E-state index contributed by atoms with van der Waals surface area (Å²) in [5.41, 5.74) is 0. The molecule has 0 aliphatic rings. The molecule has 0 bridgehead atoms. The van der Waals surface area contributed by atoms with Gasteiger partial charge in [0.2, 0.25) is 0 Å². The van der Waals surface area contributed by atoms with Gasteiger partial charge >= 0.3 is 75.5 Å². The van der Waals surface area contributed by atoms with Gasteiger partial charge in [-0.2, -0.15) is 0 Å². The molecule has 0 amide bonds. The topological polar surface area (TPSA) is 105 Å². The molecule has 0 N–H and O–H groups in total. The van der Waals surface area contributed by atoms with E-state index in [-0.39, 0.29) is 75.5 Å². The van der Waals surface area contributed by atoms with Crippen LogP contribution in [0.25, 0.3) is 0 Å². The average molecular weight is 172 g/mol. The molecule has 0 radical (unpaired) electrons. The molecule has 0 aromatic rings. The van der Waals surface area contributed by atoms with Gasteiger partial charge in [0.05, 0.1) is 0 Å². The quantitative estimate of drug-likeness (QED) is 0.285. The molecule has 0 aliphatic heterocycles. The van der Waals surface area contributed by atoms with E-state index < -0.39 is 0 Å². The van der Waals surface area contributed by atoms with Gasteiger partial charge in [-0.15, -0.1) is 10.7 Å². The fourth-order valence-corrected chi connectivity index (χ4v) is 0. The number of nitrogens with zero attached hydrogens (tertiary/aromatic N) is 2. The Morgan fingerprint density at radius 1 is 0.875 bits per heavy atom. The fraction of sp³-hybridized carbons (Fsp3) is 0. The van der Waals surface area contributed by atoms with Gasteiger partial charge in [-0.3, -0.25) is 0 Å². The predicted octanol–water partition coefficient (Wildman–Crippen LogP) is -0.260. The first-order valence-corrected chi connectivity index (χ1v) is 0.730. The zero-order chi connectivity index (χ0) is 5.41. The van der Waals surface area contributed by atoms with Crippen LogP contribution >= 0.6 is 0 Å². The SMILES string of the molecule is O=N[O-].O=N[O-].[Ca+2].[Ca+2]. The van der Waals surface area contributed by atoms with Crippen LogP contribution < -0.4 is 0 Å². The first-order valence-electron chi connectivity index (χ1n) is 0.730. The Bertz CT molecular complexity index is 33.0. The largest absolute Gasteiger partial charge is 2.00 e. The smallest absolute Gasteiger partial charge is 0.444 e. The van der Waals surface area contributed by atoms with E-state index in [1.807, 2.05) is 0 Å². The van der Waals surface area contributed by atoms with Crippen molar-refractivity contribution in [3.05, 3.63) is 20.2 Å². The van der Waals surface area contributed by atoms with Crippen molar-refractivity contribution in [2.75, 3.05) is 0 Å². The van der Waals surface area contributed by atoms with Gasteiger partial charge < -0.3 is 20.2 Å². The molecule has 0 saturated carbocycles. The standard InChI is InChI=1S/2Ca.2HNO2/c;;2*2-1-3/h;;2*(H,2,3)/q2*+2;;/p-2. The van der Waals surface area contributed by atoms with Crippen LogP contribution in [0.2, 0.25) is 0 Å². The minimum Gasteiger partial charge on any atom is -0.444 e. The van der Waals surface area contributed by atoms with Gasteiger partial charge in [0.15, 0.2) is 0 Å². The maximum absolute atomic E-state index is 8.00. The summed E-state index contributed by atoms with van der Waals surface area (Å²) in [7, 11) is 0. The van der Waals surface area contributed by atoms with Gasteiger partial charge in [-0.1, -0.05) is 0 Å². The number of hydrogen-bond donors (Lipinski definition) is 0. The van der Waals surface area contributed by atoms with Crippen LogP contribution in [0.4, 0.5) is 0 Å².